The highest BCUT2D eigenvalue weighted by Crippen LogP contribution is 2.36. The zero-order chi connectivity index (χ0) is 15.6. The second-order valence-electron chi connectivity index (χ2n) is 3.93. The predicted molar refractivity (Wildman–Crippen MR) is 74.0 cm³/mol. The molecule has 0 aromatic carbocycles. The Morgan fingerprint density at radius 2 is 2.24 bits per heavy atom. The van der Waals surface area contributed by atoms with E-state index in [2.05, 4.69) is 15.3 Å². The summed E-state index contributed by atoms with van der Waals surface area (Å²) in [7, 11) is -3.91. The highest BCUT2D eigenvalue weighted by Gasteiger charge is 2.25. The number of sulfonamides is 1. The van der Waals surface area contributed by atoms with Crippen molar-refractivity contribution in [2.75, 3.05) is 5.43 Å². The summed E-state index contributed by atoms with van der Waals surface area (Å²) in [5.41, 5.74) is 2.10. The summed E-state index contributed by atoms with van der Waals surface area (Å²) < 4.78 is 31.0. The lowest BCUT2D eigenvalue weighted by molar-refractivity contribution is -0.383. The molecule has 0 saturated carbocycles. The molecule has 4 N–H and O–H groups in total. The Balaban J connectivity index is 2.21. The van der Waals surface area contributed by atoms with Crippen molar-refractivity contribution in [1.29, 1.82) is 0 Å². The predicted octanol–water partition coefficient (Wildman–Crippen LogP) is 0.717. The summed E-state index contributed by atoms with van der Waals surface area (Å²) in [5, 5.41) is 14.4. The molecule has 0 amide bonds. The number of aromatic nitrogens is 1. The summed E-state index contributed by atoms with van der Waals surface area (Å²) in [6.07, 6.45) is 0. The lowest BCUT2D eigenvalue weighted by atomic mass is 10.4. The maximum absolute atomic E-state index is 12.1. The third-order valence-corrected chi connectivity index (χ3v) is 5.33. The van der Waals surface area contributed by atoms with Crippen molar-refractivity contribution in [2.45, 2.75) is 17.7 Å². The number of hydrogen-bond donors (Lipinski definition) is 3. The fraction of sp³-hybridized carbons (Fsp3) is 0.222. The summed E-state index contributed by atoms with van der Waals surface area (Å²) in [4.78, 5) is 10.1. The van der Waals surface area contributed by atoms with Gasteiger partial charge in [-0.15, -0.1) is 0 Å². The van der Waals surface area contributed by atoms with Gasteiger partial charge in [-0.25, -0.2) is 19.0 Å². The van der Waals surface area contributed by atoms with Crippen molar-refractivity contribution in [3.8, 4) is 0 Å². The standard InChI is InChI=1S/C9H11N5O5S2/c1-5-2-6(13-19-5)4-11-21(17,18)8-3-7(14(15)16)9(12-10)20-8/h2-3,11-12H,4,10H2,1H3. The van der Waals surface area contributed by atoms with Gasteiger partial charge in [-0.1, -0.05) is 16.5 Å². The lowest BCUT2D eigenvalue weighted by Gasteiger charge is -2.01. The van der Waals surface area contributed by atoms with E-state index in [-0.39, 0.29) is 15.8 Å². The number of nitrogen functional groups attached to an aromatic ring is 1. The van der Waals surface area contributed by atoms with Crippen molar-refractivity contribution < 1.29 is 17.9 Å². The number of rotatable bonds is 6. The van der Waals surface area contributed by atoms with E-state index in [1.54, 1.807) is 13.0 Å². The monoisotopic (exact) mass is 333 g/mol. The Morgan fingerprint density at radius 1 is 1.52 bits per heavy atom. The van der Waals surface area contributed by atoms with Crippen LogP contribution in [0.2, 0.25) is 0 Å². The Hall–Kier alpha value is -2.02. The molecule has 2 rings (SSSR count). The number of nitro groups is 1. The fourth-order valence-electron chi connectivity index (χ4n) is 1.47. The molecule has 0 saturated heterocycles. The number of aryl methyl sites for hydroxylation is 1. The zero-order valence-electron chi connectivity index (χ0n) is 10.7. The van der Waals surface area contributed by atoms with Crippen molar-refractivity contribution in [3.63, 3.8) is 0 Å². The summed E-state index contributed by atoms with van der Waals surface area (Å²) in [6.45, 7) is 1.59. The molecule has 21 heavy (non-hydrogen) atoms. The van der Waals surface area contributed by atoms with Gasteiger partial charge in [0.15, 0.2) is 5.00 Å². The van der Waals surface area contributed by atoms with Gasteiger partial charge < -0.3 is 9.95 Å². The van der Waals surface area contributed by atoms with E-state index in [4.69, 9.17) is 10.4 Å². The topological polar surface area (TPSA) is 153 Å². The van der Waals surface area contributed by atoms with Crippen LogP contribution in [0.4, 0.5) is 10.7 Å². The van der Waals surface area contributed by atoms with Crippen LogP contribution in [0.1, 0.15) is 11.5 Å². The molecule has 0 aliphatic rings. The molecule has 10 nitrogen and oxygen atoms in total. The zero-order valence-corrected chi connectivity index (χ0v) is 12.3. The highest BCUT2D eigenvalue weighted by atomic mass is 32.2. The summed E-state index contributed by atoms with van der Waals surface area (Å²) >= 11 is 0.663. The van der Waals surface area contributed by atoms with Crippen LogP contribution in [0.5, 0.6) is 0 Å². The number of anilines is 1. The van der Waals surface area contributed by atoms with Crippen LogP contribution in [-0.4, -0.2) is 18.5 Å². The van der Waals surface area contributed by atoms with Gasteiger partial charge in [-0.2, -0.15) is 0 Å². The van der Waals surface area contributed by atoms with Crippen LogP contribution in [-0.2, 0) is 16.6 Å². The van der Waals surface area contributed by atoms with Crippen LogP contribution in [0, 0.1) is 17.0 Å². The third kappa shape index (κ3) is 3.36. The van der Waals surface area contributed by atoms with Gasteiger partial charge in [-0.05, 0) is 6.92 Å². The first-order chi connectivity index (χ1) is 9.83. The van der Waals surface area contributed by atoms with Gasteiger partial charge in [0.1, 0.15) is 9.97 Å². The molecular formula is C9H11N5O5S2. The van der Waals surface area contributed by atoms with E-state index in [0.29, 0.717) is 22.8 Å². The normalized spacial score (nSPS) is 11.5. The first kappa shape index (κ1) is 15.4. The minimum Gasteiger partial charge on any atom is -0.361 e. The molecule has 114 valence electrons. The minimum absolute atomic E-state index is 0.0438. The number of thiophene rings is 1. The molecule has 2 aromatic rings. The molecule has 0 radical (unpaired) electrons. The number of hydrazine groups is 1. The van der Waals surface area contributed by atoms with Crippen molar-refractivity contribution in [1.82, 2.24) is 9.88 Å². The van der Waals surface area contributed by atoms with E-state index >= 15 is 0 Å². The van der Waals surface area contributed by atoms with Gasteiger partial charge in [-0.3, -0.25) is 10.1 Å². The molecule has 0 spiro atoms. The maximum atomic E-state index is 12.1. The average Bonchev–Trinajstić information content (AvgIpc) is 3.02. The smallest absolute Gasteiger partial charge is 0.306 e. The van der Waals surface area contributed by atoms with Crippen LogP contribution in [0.3, 0.4) is 0 Å². The number of nitrogens with two attached hydrogens (primary N) is 1. The lowest BCUT2D eigenvalue weighted by Crippen LogP contribution is -2.22. The van der Waals surface area contributed by atoms with Gasteiger partial charge in [0, 0.05) is 12.1 Å². The van der Waals surface area contributed by atoms with Crippen LogP contribution in [0.15, 0.2) is 20.9 Å². The molecule has 0 unspecified atom stereocenters. The molecule has 0 aliphatic carbocycles. The second-order valence-corrected chi connectivity index (χ2v) is 6.98. The van der Waals surface area contributed by atoms with E-state index < -0.39 is 20.6 Å². The first-order valence-corrected chi connectivity index (χ1v) is 7.80. The van der Waals surface area contributed by atoms with Crippen molar-refractivity contribution in [3.05, 3.63) is 33.7 Å². The molecule has 0 bridgehead atoms. The Bertz CT molecular complexity index is 765. The number of nitrogens with one attached hydrogen (secondary N) is 2. The van der Waals surface area contributed by atoms with Crippen LogP contribution < -0.4 is 16.0 Å². The second kappa shape index (κ2) is 5.77. The SMILES string of the molecule is Cc1cc(CNS(=O)(=O)c2cc([N+](=O)[O-])c(NN)s2)no1. The maximum Gasteiger partial charge on any atom is 0.306 e. The van der Waals surface area contributed by atoms with E-state index in [1.807, 2.05) is 0 Å². The number of hydrogen-bond acceptors (Lipinski definition) is 9. The van der Waals surface area contributed by atoms with E-state index in [9.17, 15) is 18.5 Å². The average molecular weight is 333 g/mol. The summed E-state index contributed by atoms with van der Waals surface area (Å²) in [5.74, 6) is 5.68. The van der Waals surface area contributed by atoms with Crippen molar-refractivity contribution >= 4 is 32.0 Å². The Labute approximate surface area is 123 Å². The molecular weight excluding hydrogens is 322 g/mol. The Kier molecular flexibility index (Phi) is 4.22. The quantitative estimate of drug-likeness (QED) is 0.397. The largest absolute Gasteiger partial charge is 0.361 e. The summed E-state index contributed by atoms with van der Waals surface area (Å²) in [6, 6.07) is 2.52. The minimum atomic E-state index is -3.91. The van der Waals surface area contributed by atoms with Gasteiger partial charge in [0.25, 0.3) is 10.0 Å². The highest BCUT2D eigenvalue weighted by molar-refractivity contribution is 7.91. The first-order valence-electron chi connectivity index (χ1n) is 5.50. The fourth-order valence-corrected chi connectivity index (χ4v) is 3.75. The molecule has 0 aliphatic heterocycles. The Morgan fingerprint density at radius 3 is 2.71 bits per heavy atom. The van der Waals surface area contributed by atoms with Gasteiger partial charge in [0.2, 0.25) is 0 Å². The third-order valence-electron chi connectivity index (χ3n) is 2.40. The van der Waals surface area contributed by atoms with E-state index in [0.717, 1.165) is 6.07 Å². The molecule has 2 heterocycles. The van der Waals surface area contributed by atoms with Crippen LogP contribution in [0.25, 0.3) is 0 Å². The van der Waals surface area contributed by atoms with Gasteiger partial charge in [0.05, 0.1) is 17.2 Å². The van der Waals surface area contributed by atoms with Gasteiger partial charge >= 0.3 is 5.69 Å². The molecule has 0 fully saturated rings. The molecule has 2 aromatic heterocycles. The molecule has 0 atom stereocenters. The van der Waals surface area contributed by atoms with E-state index in [1.165, 1.54) is 0 Å². The number of nitrogens with zero attached hydrogens (tertiary/aromatic N) is 2. The van der Waals surface area contributed by atoms with Crippen LogP contribution >= 0.6 is 11.3 Å². The van der Waals surface area contributed by atoms with Crippen molar-refractivity contribution in [2.24, 2.45) is 5.84 Å². The molecule has 12 heteroatoms.